The Balaban J connectivity index is 1.97. The van der Waals surface area contributed by atoms with Crippen LogP contribution in [-0.4, -0.2) is 31.6 Å². The molecule has 0 bridgehead atoms. The molecule has 1 fully saturated rings. The molecule has 1 saturated heterocycles. The number of barbiturate groups is 1. The van der Waals surface area contributed by atoms with E-state index in [1.165, 1.54) is 13.2 Å². The van der Waals surface area contributed by atoms with Gasteiger partial charge in [0.25, 0.3) is 11.8 Å². The first-order valence-electron chi connectivity index (χ1n) is 9.68. The smallest absolute Gasteiger partial charge is 0.335 e. The fourth-order valence-electron chi connectivity index (χ4n) is 3.12. The third-order valence-corrected chi connectivity index (χ3v) is 4.72. The minimum atomic E-state index is -0.774. The SMILES string of the molecule is CCOc1cc(C=C2C(=O)NC(=O)N(c3ccc(C(C)C)cc3)C2=O)ccc1OC. The number of benzene rings is 2. The number of anilines is 1. The molecule has 0 saturated carbocycles. The van der Waals surface area contributed by atoms with Crippen molar-refractivity contribution in [3.05, 3.63) is 59.2 Å². The lowest BCUT2D eigenvalue weighted by atomic mass is 10.0. The van der Waals surface area contributed by atoms with Crippen LogP contribution in [-0.2, 0) is 9.59 Å². The molecule has 0 unspecified atom stereocenters. The standard InChI is InChI=1S/C23H24N2O5/c1-5-30-20-13-15(6-11-19(20)29-4)12-18-21(26)24-23(28)25(22(18)27)17-9-7-16(8-10-17)14(2)3/h6-14H,5H2,1-4H3,(H,24,26,28). The van der Waals surface area contributed by atoms with Gasteiger partial charge in [-0.25, -0.2) is 9.69 Å². The number of amides is 4. The van der Waals surface area contributed by atoms with Crippen molar-refractivity contribution in [2.45, 2.75) is 26.7 Å². The van der Waals surface area contributed by atoms with Crippen molar-refractivity contribution in [3.63, 3.8) is 0 Å². The van der Waals surface area contributed by atoms with Crippen LogP contribution in [0.1, 0.15) is 37.8 Å². The van der Waals surface area contributed by atoms with E-state index in [0.717, 1.165) is 10.5 Å². The Kier molecular flexibility index (Phi) is 6.20. The van der Waals surface area contributed by atoms with Crippen LogP contribution in [0, 0.1) is 0 Å². The maximum Gasteiger partial charge on any atom is 0.335 e. The molecule has 0 atom stereocenters. The lowest BCUT2D eigenvalue weighted by Crippen LogP contribution is -2.54. The van der Waals surface area contributed by atoms with Gasteiger partial charge in [-0.05, 0) is 54.3 Å². The van der Waals surface area contributed by atoms with Crippen molar-refractivity contribution >= 4 is 29.6 Å². The minimum absolute atomic E-state index is 0.143. The Hall–Kier alpha value is -3.61. The fourth-order valence-corrected chi connectivity index (χ4v) is 3.12. The van der Waals surface area contributed by atoms with Gasteiger partial charge in [0.15, 0.2) is 11.5 Å². The van der Waals surface area contributed by atoms with Gasteiger partial charge >= 0.3 is 6.03 Å². The van der Waals surface area contributed by atoms with E-state index in [-0.39, 0.29) is 5.57 Å². The summed E-state index contributed by atoms with van der Waals surface area (Å²) in [7, 11) is 1.53. The first-order valence-corrected chi connectivity index (χ1v) is 9.68. The van der Waals surface area contributed by atoms with Gasteiger partial charge in [0.1, 0.15) is 5.57 Å². The highest BCUT2D eigenvalue weighted by atomic mass is 16.5. The van der Waals surface area contributed by atoms with Gasteiger partial charge in [-0.15, -0.1) is 0 Å². The molecule has 1 aliphatic heterocycles. The Bertz CT molecular complexity index is 1010. The van der Waals surface area contributed by atoms with Crippen LogP contribution >= 0.6 is 0 Å². The first-order chi connectivity index (χ1) is 14.3. The number of urea groups is 1. The molecule has 4 amide bonds. The molecule has 156 valence electrons. The van der Waals surface area contributed by atoms with Gasteiger partial charge in [0.05, 0.1) is 19.4 Å². The number of ether oxygens (including phenoxy) is 2. The highest BCUT2D eigenvalue weighted by Crippen LogP contribution is 2.30. The average molecular weight is 408 g/mol. The summed E-state index contributed by atoms with van der Waals surface area (Å²) in [6.07, 6.45) is 1.43. The topological polar surface area (TPSA) is 84.9 Å². The summed E-state index contributed by atoms with van der Waals surface area (Å²) in [5.74, 6) is -0.0732. The molecule has 7 nitrogen and oxygen atoms in total. The Labute approximate surface area is 175 Å². The molecular weight excluding hydrogens is 384 g/mol. The molecule has 3 rings (SSSR count). The number of carbonyl (C=O) groups is 3. The Morgan fingerprint density at radius 2 is 1.73 bits per heavy atom. The molecule has 0 spiro atoms. The number of methoxy groups -OCH3 is 1. The lowest BCUT2D eigenvalue weighted by Gasteiger charge is -2.26. The summed E-state index contributed by atoms with van der Waals surface area (Å²) in [5.41, 5.74) is 1.90. The molecular formula is C23H24N2O5. The van der Waals surface area contributed by atoms with Crippen molar-refractivity contribution < 1.29 is 23.9 Å². The molecule has 30 heavy (non-hydrogen) atoms. The maximum atomic E-state index is 13.0. The molecule has 0 aromatic heterocycles. The van der Waals surface area contributed by atoms with Crippen molar-refractivity contribution in [2.24, 2.45) is 0 Å². The zero-order chi connectivity index (χ0) is 21.8. The van der Waals surface area contributed by atoms with Crippen LogP contribution in [0.3, 0.4) is 0 Å². The van der Waals surface area contributed by atoms with E-state index in [0.29, 0.717) is 35.3 Å². The van der Waals surface area contributed by atoms with E-state index in [2.05, 4.69) is 19.2 Å². The quantitative estimate of drug-likeness (QED) is 0.579. The fraction of sp³-hybridized carbons (Fsp3) is 0.261. The molecule has 7 heteroatoms. The first kappa shape index (κ1) is 21.1. The van der Waals surface area contributed by atoms with E-state index in [1.54, 1.807) is 30.3 Å². The van der Waals surface area contributed by atoms with Crippen LogP contribution in [0.2, 0.25) is 0 Å². The number of hydrogen-bond donors (Lipinski definition) is 1. The highest BCUT2D eigenvalue weighted by molar-refractivity contribution is 6.39. The van der Waals surface area contributed by atoms with Gasteiger partial charge in [-0.2, -0.15) is 0 Å². The van der Waals surface area contributed by atoms with E-state index < -0.39 is 17.8 Å². The highest BCUT2D eigenvalue weighted by Gasteiger charge is 2.36. The molecule has 2 aromatic carbocycles. The van der Waals surface area contributed by atoms with Gasteiger partial charge < -0.3 is 9.47 Å². The summed E-state index contributed by atoms with van der Waals surface area (Å²) >= 11 is 0. The summed E-state index contributed by atoms with van der Waals surface area (Å²) < 4.78 is 10.8. The minimum Gasteiger partial charge on any atom is -0.493 e. The number of imide groups is 2. The van der Waals surface area contributed by atoms with E-state index in [4.69, 9.17) is 9.47 Å². The number of nitrogens with one attached hydrogen (secondary N) is 1. The second-order valence-corrected chi connectivity index (χ2v) is 7.05. The monoisotopic (exact) mass is 408 g/mol. The predicted molar refractivity (Wildman–Crippen MR) is 114 cm³/mol. The molecule has 1 aliphatic rings. The van der Waals surface area contributed by atoms with E-state index in [1.807, 2.05) is 19.1 Å². The third-order valence-electron chi connectivity index (χ3n) is 4.72. The van der Waals surface area contributed by atoms with Crippen LogP contribution in [0.4, 0.5) is 10.5 Å². The van der Waals surface area contributed by atoms with Crippen LogP contribution < -0.4 is 19.7 Å². The van der Waals surface area contributed by atoms with Crippen LogP contribution in [0.5, 0.6) is 11.5 Å². The normalized spacial score (nSPS) is 15.6. The molecule has 0 aliphatic carbocycles. The summed E-state index contributed by atoms with van der Waals surface area (Å²) in [4.78, 5) is 38.7. The van der Waals surface area contributed by atoms with Crippen molar-refractivity contribution in [3.8, 4) is 11.5 Å². The molecule has 1 N–H and O–H groups in total. The Morgan fingerprint density at radius 3 is 2.33 bits per heavy atom. The van der Waals surface area contributed by atoms with Gasteiger partial charge in [-0.3, -0.25) is 14.9 Å². The average Bonchev–Trinajstić information content (AvgIpc) is 2.72. The second kappa shape index (κ2) is 8.82. The summed E-state index contributed by atoms with van der Waals surface area (Å²) in [6.45, 7) is 6.39. The predicted octanol–water partition coefficient (Wildman–Crippen LogP) is 3.88. The van der Waals surface area contributed by atoms with Crippen molar-refractivity contribution in [2.75, 3.05) is 18.6 Å². The van der Waals surface area contributed by atoms with Crippen LogP contribution in [0.15, 0.2) is 48.0 Å². The third kappa shape index (κ3) is 4.20. The number of carbonyl (C=O) groups excluding carboxylic acids is 3. The van der Waals surface area contributed by atoms with Gasteiger partial charge in [-0.1, -0.05) is 32.0 Å². The van der Waals surface area contributed by atoms with Crippen molar-refractivity contribution in [1.29, 1.82) is 0 Å². The van der Waals surface area contributed by atoms with E-state index >= 15 is 0 Å². The van der Waals surface area contributed by atoms with Gasteiger partial charge in [0, 0.05) is 0 Å². The van der Waals surface area contributed by atoms with Gasteiger partial charge in [0.2, 0.25) is 0 Å². The molecule has 1 heterocycles. The number of hydrogen-bond acceptors (Lipinski definition) is 5. The maximum absolute atomic E-state index is 13.0. The number of rotatable bonds is 6. The second-order valence-electron chi connectivity index (χ2n) is 7.05. The summed E-state index contributed by atoms with van der Waals surface area (Å²) in [5, 5.41) is 2.23. The zero-order valence-corrected chi connectivity index (χ0v) is 17.4. The van der Waals surface area contributed by atoms with Crippen LogP contribution in [0.25, 0.3) is 6.08 Å². The molecule has 0 radical (unpaired) electrons. The largest absolute Gasteiger partial charge is 0.493 e. The molecule has 2 aromatic rings. The lowest BCUT2D eigenvalue weighted by molar-refractivity contribution is -0.122. The summed E-state index contributed by atoms with van der Waals surface area (Å²) in [6, 6.07) is 11.4. The number of nitrogens with zero attached hydrogens (tertiary/aromatic N) is 1. The van der Waals surface area contributed by atoms with E-state index in [9.17, 15) is 14.4 Å². The Morgan fingerprint density at radius 1 is 1.03 bits per heavy atom. The zero-order valence-electron chi connectivity index (χ0n) is 17.4. The van der Waals surface area contributed by atoms with Crippen molar-refractivity contribution in [1.82, 2.24) is 5.32 Å².